The summed E-state index contributed by atoms with van der Waals surface area (Å²) in [4.78, 5) is 24.5. The highest BCUT2D eigenvalue weighted by molar-refractivity contribution is 5.93. The van der Waals surface area contributed by atoms with Gasteiger partial charge in [0.25, 0.3) is 5.69 Å². The van der Waals surface area contributed by atoms with Crippen LogP contribution in [0.3, 0.4) is 0 Å². The van der Waals surface area contributed by atoms with E-state index >= 15 is 0 Å². The Morgan fingerprint density at radius 2 is 1.88 bits per heavy atom. The van der Waals surface area contributed by atoms with Crippen LogP contribution in [0.25, 0.3) is 11.0 Å². The summed E-state index contributed by atoms with van der Waals surface area (Å²) in [5.41, 5.74) is -5.06. The second-order valence-electron chi connectivity index (χ2n) is 4.75. The lowest BCUT2D eigenvalue weighted by Crippen LogP contribution is -2.22. The van der Waals surface area contributed by atoms with Crippen LogP contribution < -0.4 is 0 Å². The van der Waals surface area contributed by atoms with Gasteiger partial charge in [-0.25, -0.2) is 14.3 Å². The summed E-state index contributed by atoms with van der Waals surface area (Å²) in [5.74, 6) is -1.95. The van der Waals surface area contributed by atoms with Crippen LogP contribution in [0.15, 0.2) is 24.8 Å². The third-order valence-corrected chi connectivity index (χ3v) is 3.02. The molecule has 1 aromatic carbocycles. The number of carbonyl (C=O) groups excluding carboxylic acids is 1. The second kappa shape index (κ2) is 6.31. The Kier molecular flexibility index (Phi) is 4.66. The van der Waals surface area contributed by atoms with E-state index in [1.54, 1.807) is 0 Å². The molecule has 13 heteroatoms. The minimum absolute atomic E-state index is 0.0366. The molecule has 0 aliphatic carbocycles. The van der Waals surface area contributed by atoms with Crippen LogP contribution in [0, 0.1) is 10.1 Å². The van der Waals surface area contributed by atoms with Gasteiger partial charge in [0.15, 0.2) is 5.52 Å². The van der Waals surface area contributed by atoms with Crippen molar-refractivity contribution in [3.05, 3.63) is 46.3 Å². The standard InChI is InChI=1S/C13H7F6N3O4/c1-2-3-26-11(23)21-7-4-6(12(14,15)16)5-8(22(24)25)9(7)20-10(21)13(17,18)19/h2,4-5H,1,3H2. The number of fused-ring (bicyclic) bond motifs is 1. The molecular formula is C13H7F6N3O4. The predicted octanol–water partition coefficient (Wildman–Crippen LogP) is 4.15. The maximum atomic E-state index is 13.1. The number of non-ortho nitro benzene ring substituents is 1. The number of rotatable bonds is 3. The molecule has 0 radical (unpaired) electrons. The summed E-state index contributed by atoms with van der Waals surface area (Å²) in [7, 11) is 0. The average Bonchev–Trinajstić information content (AvgIpc) is 2.90. The van der Waals surface area contributed by atoms with E-state index in [0.29, 0.717) is 0 Å². The van der Waals surface area contributed by atoms with E-state index in [-0.39, 0.29) is 16.7 Å². The molecule has 0 N–H and O–H groups in total. The molecule has 0 amide bonds. The third kappa shape index (κ3) is 3.45. The summed E-state index contributed by atoms with van der Waals surface area (Å²) in [5, 5.41) is 11.0. The van der Waals surface area contributed by atoms with Gasteiger partial charge in [0, 0.05) is 6.07 Å². The first kappa shape index (κ1) is 19.2. The van der Waals surface area contributed by atoms with Crippen LogP contribution >= 0.6 is 0 Å². The number of aromatic nitrogens is 2. The number of carbonyl (C=O) groups is 1. The molecule has 2 rings (SSSR count). The van der Waals surface area contributed by atoms with Gasteiger partial charge in [-0.2, -0.15) is 26.3 Å². The number of benzene rings is 1. The van der Waals surface area contributed by atoms with E-state index < -0.39 is 58.1 Å². The first-order chi connectivity index (χ1) is 11.9. The highest BCUT2D eigenvalue weighted by atomic mass is 19.4. The van der Waals surface area contributed by atoms with Crippen LogP contribution in [0.2, 0.25) is 0 Å². The molecule has 7 nitrogen and oxygen atoms in total. The van der Waals surface area contributed by atoms with Crippen LogP contribution in [-0.2, 0) is 17.1 Å². The lowest BCUT2D eigenvalue weighted by atomic mass is 10.1. The lowest BCUT2D eigenvalue weighted by Gasteiger charge is -2.11. The van der Waals surface area contributed by atoms with E-state index in [9.17, 15) is 41.3 Å². The van der Waals surface area contributed by atoms with E-state index in [1.165, 1.54) is 0 Å². The molecule has 26 heavy (non-hydrogen) atoms. The largest absolute Gasteiger partial charge is 0.450 e. The first-order valence-corrected chi connectivity index (χ1v) is 6.51. The molecule has 0 saturated carbocycles. The Hall–Kier alpha value is -3.12. The fourth-order valence-corrected chi connectivity index (χ4v) is 2.03. The van der Waals surface area contributed by atoms with Crippen molar-refractivity contribution in [3.63, 3.8) is 0 Å². The zero-order chi connectivity index (χ0) is 19.9. The Bertz CT molecular complexity index is 900. The van der Waals surface area contributed by atoms with E-state index in [0.717, 1.165) is 6.08 Å². The molecule has 0 aliphatic heterocycles. The Labute approximate surface area is 139 Å². The number of nitro groups is 1. The van der Waals surface area contributed by atoms with Crippen molar-refractivity contribution in [1.82, 2.24) is 9.55 Å². The van der Waals surface area contributed by atoms with Gasteiger partial charge in [0.1, 0.15) is 6.61 Å². The number of nitrogens with zero attached hydrogens (tertiary/aromatic N) is 3. The predicted molar refractivity (Wildman–Crippen MR) is 73.3 cm³/mol. The summed E-state index contributed by atoms with van der Waals surface area (Å²) in [6.45, 7) is 2.62. The molecule has 1 aromatic heterocycles. The number of ether oxygens (including phenoxy) is 1. The highest BCUT2D eigenvalue weighted by Crippen LogP contribution is 2.39. The molecule has 0 unspecified atom stereocenters. The molecule has 140 valence electrons. The van der Waals surface area contributed by atoms with Gasteiger partial charge in [0.05, 0.1) is 16.0 Å². The number of halogens is 6. The van der Waals surface area contributed by atoms with E-state index in [1.807, 2.05) is 0 Å². The van der Waals surface area contributed by atoms with Crippen LogP contribution in [0.5, 0.6) is 0 Å². The fourth-order valence-electron chi connectivity index (χ4n) is 2.03. The van der Waals surface area contributed by atoms with Crippen molar-refractivity contribution < 1.29 is 40.8 Å². The van der Waals surface area contributed by atoms with E-state index in [2.05, 4.69) is 16.3 Å². The molecule has 2 aromatic rings. The molecule has 0 fully saturated rings. The van der Waals surface area contributed by atoms with Gasteiger partial charge >= 0.3 is 18.4 Å². The van der Waals surface area contributed by atoms with Crippen LogP contribution in [0.1, 0.15) is 11.4 Å². The third-order valence-electron chi connectivity index (χ3n) is 3.02. The van der Waals surface area contributed by atoms with Crippen LogP contribution in [-0.4, -0.2) is 27.2 Å². The Morgan fingerprint density at radius 1 is 1.27 bits per heavy atom. The zero-order valence-electron chi connectivity index (χ0n) is 12.4. The topological polar surface area (TPSA) is 87.3 Å². The molecule has 0 atom stereocenters. The SMILES string of the molecule is C=CCOC(=O)n1c(C(F)(F)F)nc2c([N+](=O)[O-])cc(C(F)(F)F)cc21. The summed E-state index contributed by atoms with van der Waals surface area (Å²) in [6, 6.07) is 0.189. The molecule has 0 spiro atoms. The minimum Gasteiger partial charge on any atom is -0.445 e. The van der Waals surface area contributed by atoms with Gasteiger partial charge in [-0.05, 0) is 6.07 Å². The van der Waals surface area contributed by atoms with E-state index in [4.69, 9.17) is 0 Å². The maximum absolute atomic E-state index is 13.1. The van der Waals surface area contributed by atoms with Crippen LogP contribution in [0.4, 0.5) is 36.8 Å². The average molecular weight is 383 g/mol. The second-order valence-corrected chi connectivity index (χ2v) is 4.75. The van der Waals surface area contributed by atoms with Gasteiger partial charge in [0.2, 0.25) is 5.82 Å². The van der Waals surface area contributed by atoms with Gasteiger partial charge in [-0.15, -0.1) is 0 Å². The summed E-state index contributed by atoms with van der Waals surface area (Å²) >= 11 is 0. The quantitative estimate of drug-likeness (QED) is 0.344. The smallest absolute Gasteiger partial charge is 0.445 e. The van der Waals surface area contributed by atoms with Crippen molar-refractivity contribution in [3.8, 4) is 0 Å². The first-order valence-electron chi connectivity index (χ1n) is 6.51. The van der Waals surface area contributed by atoms with Crippen molar-refractivity contribution in [1.29, 1.82) is 0 Å². The monoisotopic (exact) mass is 383 g/mol. The maximum Gasteiger partial charge on any atom is 0.450 e. The number of nitro benzene ring substituents is 1. The Balaban J connectivity index is 2.92. The van der Waals surface area contributed by atoms with Crippen molar-refractivity contribution in [2.75, 3.05) is 6.61 Å². The van der Waals surface area contributed by atoms with Crippen molar-refractivity contribution >= 4 is 22.8 Å². The fraction of sp³-hybridized carbons (Fsp3) is 0.231. The number of alkyl halides is 6. The van der Waals surface area contributed by atoms with Gasteiger partial charge in [-0.3, -0.25) is 10.1 Å². The lowest BCUT2D eigenvalue weighted by molar-refractivity contribution is -0.383. The molecule has 0 bridgehead atoms. The van der Waals surface area contributed by atoms with Crippen molar-refractivity contribution in [2.24, 2.45) is 0 Å². The minimum atomic E-state index is -5.29. The molecular weight excluding hydrogens is 376 g/mol. The van der Waals surface area contributed by atoms with Gasteiger partial charge in [-0.1, -0.05) is 12.7 Å². The zero-order valence-corrected chi connectivity index (χ0v) is 12.4. The molecule has 1 heterocycles. The highest BCUT2D eigenvalue weighted by Gasteiger charge is 2.42. The number of hydrogen-bond acceptors (Lipinski definition) is 5. The molecule has 0 aliphatic rings. The Morgan fingerprint density at radius 3 is 2.35 bits per heavy atom. The molecule has 0 saturated heterocycles. The summed E-state index contributed by atoms with van der Waals surface area (Å²) < 4.78 is 82.3. The number of hydrogen-bond donors (Lipinski definition) is 0. The van der Waals surface area contributed by atoms with Crippen molar-refractivity contribution in [2.45, 2.75) is 12.4 Å². The van der Waals surface area contributed by atoms with Gasteiger partial charge < -0.3 is 4.74 Å². The summed E-state index contributed by atoms with van der Waals surface area (Å²) in [6.07, 6.45) is -11.1. The number of imidazole rings is 1. The normalized spacial score (nSPS) is 12.2.